The molecule has 0 radical (unpaired) electrons. The fourth-order valence-electron chi connectivity index (χ4n) is 2.91. The van der Waals surface area contributed by atoms with Crippen LogP contribution in [0.3, 0.4) is 0 Å². The van der Waals surface area contributed by atoms with Gasteiger partial charge in [-0.05, 0) is 38.5 Å². The van der Waals surface area contributed by atoms with Gasteiger partial charge in [-0.15, -0.1) is 0 Å². The quantitative estimate of drug-likeness (QED) is 0.846. The molecule has 1 heterocycles. The van der Waals surface area contributed by atoms with E-state index in [1.54, 1.807) is 12.1 Å². The van der Waals surface area contributed by atoms with Crippen molar-refractivity contribution < 1.29 is 17.9 Å². The van der Waals surface area contributed by atoms with E-state index >= 15 is 0 Å². The molecule has 0 spiro atoms. The minimum absolute atomic E-state index is 0.0897. The van der Waals surface area contributed by atoms with E-state index in [0.717, 1.165) is 9.87 Å². The van der Waals surface area contributed by atoms with Crippen molar-refractivity contribution >= 4 is 21.6 Å². The molecule has 1 amide bonds. The number of carbonyl (C=O) groups is 1. The summed E-state index contributed by atoms with van der Waals surface area (Å²) in [7, 11) is -0.578. The zero-order valence-corrected chi connectivity index (χ0v) is 16.3. The van der Waals surface area contributed by atoms with E-state index in [2.05, 4.69) is 5.32 Å². The van der Waals surface area contributed by atoms with Gasteiger partial charge in [0.1, 0.15) is 0 Å². The molecule has 140 valence electrons. The van der Waals surface area contributed by atoms with Crippen LogP contribution >= 0.6 is 0 Å². The maximum absolute atomic E-state index is 12.4. The first-order valence-electron chi connectivity index (χ1n) is 8.30. The Kier molecular flexibility index (Phi) is 6.21. The molecule has 1 aromatic rings. The summed E-state index contributed by atoms with van der Waals surface area (Å²) in [6.07, 6.45) is 0.179. The number of hydrogen-bond acceptors (Lipinski definition) is 5. The average molecular weight is 369 g/mol. The molecule has 7 nitrogen and oxygen atoms in total. The topological polar surface area (TPSA) is 79.0 Å². The number of rotatable bonds is 5. The molecular formula is C17H27N3O4S. The van der Waals surface area contributed by atoms with Gasteiger partial charge < -0.3 is 10.1 Å². The highest BCUT2D eigenvalue weighted by molar-refractivity contribution is 7.89. The molecule has 2 rings (SSSR count). The Balaban J connectivity index is 2.10. The summed E-state index contributed by atoms with van der Waals surface area (Å²) in [6, 6.07) is 4.75. The highest BCUT2D eigenvalue weighted by atomic mass is 32.2. The number of nitrogens with one attached hydrogen (secondary N) is 1. The number of benzene rings is 1. The van der Waals surface area contributed by atoms with Crippen LogP contribution in [0.1, 0.15) is 19.4 Å². The van der Waals surface area contributed by atoms with Gasteiger partial charge in [0.25, 0.3) is 0 Å². The summed E-state index contributed by atoms with van der Waals surface area (Å²) in [6.45, 7) is 7.46. The summed E-state index contributed by atoms with van der Waals surface area (Å²) in [5, 5.41) is 2.83. The highest BCUT2D eigenvalue weighted by Crippen LogP contribution is 2.22. The van der Waals surface area contributed by atoms with Gasteiger partial charge in [-0.25, -0.2) is 12.7 Å². The SMILES string of the molecule is Cc1ccc(S(=O)(=O)N(C)C)cc1NC(=O)CN1C[C@H](C)O[C@@H](C)C1. The van der Waals surface area contributed by atoms with Gasteiger partial charge in [-0.3, -0.25) is 9.69 Å². The summed E-state index contributed by atoms with van der Waals surface area (Å²) in [5.74, 6) is -0.163. The number of morpholine rings is 1. The van der Waals surface area contributed by atoms with Crippen LogP contribution in [0.5, 0.6) is 0 Å². The third kappa shape index (κ3) is 5.01. The molecule has 0 aliphatic carbocycles. The number of nitrogens with zero attached hydrogens (tertiary/aromatic N) is 2. The lowest BCUT2D eigenvalue weighted by atomic mass is 10.2. The zero-order valence-electron chi connectivity index (χ0n) is 15.4. The van der Waals surface area contributed by atoms with Gasteiger partial charge in [0.15, 0.2) is 0 Å². The lowest BCUT2D eigenvalue weighted by Crippen LogP contribution is -2.48. The van der Waals surface area contributed by atoms with Crippen LogP contribution < -0.4 is 5.32 Å². The Bertz CT molecular complexity index is 723. The molecule has 0 aromatic heterocycles. The van der Waals surface area contributed by atoms with Crippen LogP contribution in [-0.4, -0.2) is 69.5 Å². The van der Waals surface area contributed by atoms with Crippen LogP contribution in [0, 0.1) is 6.92 Å². The number of sulfonamides is 1. The van der Waals surface area contributed by atoms with Gasteiger partial charge in [0.05, 0.1) is 23.6 Å². The second-order valence-corrected chi connectivity index (χ2v) is 8.92. The Morgan fingerprint density at radius 3 is 2.44 bits per heavy atom. The second kappa shape index (κ2) is 7.82. The van der Waals surface area contributed by atoms with E-state index in [0.29, 0.717) is 18.8 Å². The third-order valence-electron chi connectivity index (χ3n) is 4.12. The molecule has 1 aliphatic heterocycles. The van der Waals surface area contributed by atoms with E-state index in [-0.39, 0.29) is 29.6 Å². The van der Waals surface area contributed by atoms with Gasteiger partial charge in [-0.1, -0.05) is 6.07 Å². The van der Waals surface area contributed by atoms with Gasteiger partial charge >= 0.3 is 0 Å². The maximum Gasteiger partial charge on any atom is 0.242 e. The van der Waals surface area contributed by atoms with Crippen LogP contribution in [0.2, 0.25) is 0 Å². The van der Waals surface area contributed by atoms with Crippen molar-refractivity contribution in [1.82, 2.24) is 9.21 Å². The fraction of sp³-hybridized carbons (Fsp3) is 0.588. The first-order chi connectivity index (χ1) is 11.6. The van der Waals surface area contributed by atoms with Crippen LogP contribution in [0.15, 0.2) is 23.1 Å². The van der Waals surface area contributed by atoms with Crippen molar-refractivity contribution in [3.63, 3.8) is 0 Å². The standard InChI is InChI=1S/C17H27N3O4S/c1-12-6-7-15(25(22,23)19(4)5)8-16(12)18-17(21)11-20-9-13(2)24-14(3)10-20/h6-8,13-14H,9-11H2,1-5H3,(H,18,21)/t13-,14-/m0/s1. The lowest BCUT2D eigenvalue weighted by Gasteiger charge is -2.34. The molecule has 25 heavy (non-hydrogen) atoms. The minimum Gasteiger partial charge on any atom is -0.373 e. The van der Waals surface area contributed by atoms with Crippen molar-refractivity contribution in [2.45, 2.75) is 37.9 Å². The summed E-state index contributed by atoms with van der Waals surface area (Å²) in [5.41, 5.74) is 1.33. The maximum atomic E-state index is 12.4. The van der Waals surface area contributed by atoms with Crippen LogP contribution in [0.4, 0.5) is 5.69 Å². The predicted molar refractivity (Wildman–Crippen MR) is 97.1 cm³/mol. The molecule has 1 aliphatic rings. The van der Waals surface area contributed by atoms with Crippen molar-refractivity contribution in [3.8, 4) is 0 Å². The molecule has 1 aromatic carbocycles. The Hall–Kier alpha value is -1.48. The van der Waals surface area contributed by atoms with Crippen molar-refractivity contribution in [3.05, 3.63) is 23.8 Å². The Labute approximate surface area is 150 Å². The normalized spacial score (nSPS) is 22.2. The smallest absolute Gasteiger partial charge is 0.242 e. The molecule has 0 bridgehead atoms. The predicted octanol–water partition coefficient (Wildman–Crippen LogP) is 1.29. The van der Waals surface area contributed by atoms with E-state index in [1.165, 1.54) is 20.2 Å². The molecule has 1 fully saturated rings. The van der Waals surface area contributed by atoms with E-state index in [4.69, 9.17) is 4.74 Å². The number of carbonyl (C=O) groups excluding carboxylic acids is 1. The number of anilines is 1. The Morgan fingerprint density at radius 1 is 1.28 bits per heavy atom. The average Bonchev–Trinajstić information content (AvgIpc) is 2.47. The highest BCUT2D eigenvalue weighted by Gasteiger charge is 2.24. The van der Waals surface area contributed by atoms with Crippen molar-refractivity contribution in [2.75, 3.05) is 39.0 Å². The first kappa shape index (κ1) is 19.8. The fourth-order valence-corrected chi connectivity index (χ4v) is 3.84. The van der Waals surface area contributed by atoms with Crippen LogP contribution in [0.25, 0.3) is 0 Å². The lowest BCUT2D eigenvalue weighted by molar-refractivity contribution is -0.121. The molecule has 8 heteroatoms. The van der Waals surface area contributed by atoms with Gasteiger partial charge in [0.2, 0.25) is 15.9 Å². The van der Waals surface area contributed by atoms with Crippen LogP contribution in [-0.2, 0) is 19.6 Å². The molecule has 2 atom stereocenters. The van der Waals surface area contributed by atoms with Gasteiger partial charge in [0, 0.05) is 32.9 Å². The van der Waals surface area contributed by atoms with Gasteiger partial charge in [-0.2, -0.15) is 0 Å². The summed E-state index contributed by atoms with van der Waals surface area (Å²) < 4.78 is 31.3. The monoisotopic (exact) mass is 369 g/mol. The second-order valence-electron chi connectivity index (χ2n) is 6.76. The molecular weight excluding hydrogens is 342 g/mol. The number of amides is 1. The summed E-state index contributed by atoms with van der Waals surface area (Å²) >= 11 is 0. The minimum atomic E-state index is -3.54. The van der Waals surface area contributed by atoms with E-state index in [1.807, 2.05) is 25.7 Å². The molecule has 0 unspecified atom stereocenters. The molecule has 1 saturated heterocycles. The van der Waals surface area contributed by atoms with Crippen molar-refractivity contribution in [1.29, 1.82) is 0 Å². The number of ether oxygens (including phenoxy) is 1. The zero-order chi connectivity index (χ0) is 18.8. The number of aryl methyl sites for hydroxylation is 1. The van der Waals surface area contributed by atoms with Crippen molar-refractivity contribution in [2.24, 2.45) is 0 Å². The van der Waals surface area contributed by atoms with E-state index in [9.17, 15) is 13.2 Å². The Morgan fingerprint density at radius 2 is 1.88 bits per heavy atom. The number of hydrogen-bond donors (Lipinski definition) is 1. The van der Waals surface area contributed by atoms with E-state index < -0.39 is 10.0 Å². The molecule has 0 saturated carbocycles. The largest absolute Gasteiger partial charge is 0.373 e. The first-order valence-corrected chi connectivity index (χ1v) is 9.74. The summed E-state index contributed by atoms with van der Waals surface area (Å²) in [4.78, 5) is 14.6. The molecule has 1 N–H and O–H groups in total. The third-order valence-corrected chi connectivity index (χ3v) is 5.94.